The summed E-state index contributed by atoms with van der Waals surface area (Å²) in [6.07, 6.45) is -0.397. The van der Waals surface area contributed by atoms with E-state index in [0.717, 1.165) is 33.4 Å². The van der Waals surface area contributed by atoms with Crippen LogP contribution in [0.4, 0.5) is 0 Å². The zero-order valence-electron chi connectivity index (χ0n) is 17.2. The fourth-order valence-electron chi connectivity index (χ4n) is 3.46. The lowest BCUT2D eigenvalue weighted by molar-refractivity contribution is -0.118. The molecule has 0 amide bonds. The predicted molar refractivity (Wildman–Crippen MR) is 107 cm³/mol. The molecule has 2 rings (SSSR count). The van der Waals surface area contributed by atoms with Crippen molar-refractivity contribution in [2.75, 3.05) is 20.8 Å². The van der Waals surface area contributed by atoms with Crippen LogP contribution in [0.5, 0.6) is 11.5 Å². The van der Waals surface area contributed by atoms with Gasteiger partial charge in [-0.2, -0.15) is 0 Å². The third-order valence-electron chi connectivity index (χ3n) is 4.77. The summed E-state index contributed by atoms with van der Waals surface area (Å²) in [7, 11) is 3.21. The summed E-state index contributed by atoms with van der Waals surface area (Å²) in [5.41, 5.74) is 5.61. The maximum atomic E-state index is 10.5. The zero-order chi connectivity index (χ0) is 20.1. The molecule has 27 heavy (non-hydrogen) atoms. The first kappa shape index (κ1) is 21.2. The van der Waals surface area contributed by atoms with Crippen LogP contribution in [-0.4, -0.2) is 42.2 Å². The number of aryl methyl sites for hydroxylation is 4. The number of ether oxygens (including phenoxy) is 2. The SMILES string of the molecule is COC(CN(Cc1cc(C)cc(C)c1O)Cc1cc(C)cc(C)c1O)OC. The van der Waals surface area contributed by atoms with Crippen molar-refractivity contribution in [3.8, 4) is 11.5 Å². The van der Waals surface area contributed by atoms with E-state index in [9.17, 15) is 10.2 Å². The molecule has 0 bridgehead atoms. The molecule has 148 valence electrons. The van der Waals surface area contributed by atoms with Crippen LogP contribution in [-0.2, 0) is 22.6 Å². The molecule has 0 unspecified atom stereocenters. The minimum Gasteiger partial charge on any atom is -0.507 e. The largest absolute Gasteiger partial charge is 0.507 e. The molecule has 0 aliphatic heterocycles. The minimum absolute atomic E-state index is 0.307. The molecule has 5 nitrogen and oxygen atoms in total. The standard InChI is InChI=1S/C22H31NO4/c1-14-7-16(3)21(24)18(9-14)11-23(13-20(26-5)27-6)12-19-10-15(2)8-17(4)22(19)25/h7-10,20,24-25H,11-13H2,1-6H3. The van der Waals surface area contributed by atoms with Gasteiger partial charge in [0.2, 0.25) is 0 Å². The van der Waals surface area contributed by atoms with Crippen molar-refractivity contribution in [1.29, 1.82) is 0 Å². The quantitative estimate of drug-likeness (QED) is 0.686. The number of phenolic OH excluding ortho intramolecular Hbond substituents is 2. The van der Waals surface area contributed by atoms with Gasteiger partial charge in [0.1, 0.15) is 11.5 Å². The minimum atomic E-state index is -0.397. The Bertz CT molecular complexity index is 725. The summed E-state index contributed by atoms with van der Waals surface area (Å²) in [5, 5.41) is 21.0. The van der Waals surface area contributed by atoms with E-state index in [-0.39, 0.29) is 0 Å². The fourth-order valence-corrected chi connectivity index (χ4v) is 3.46. The molecular weight excluding hydrogens is 342 g/mol. The lowest BCUT2D eigenvalue weighted by Gasteiger charge is -2.27. The fraction of sp³-hybridized carbons (Fsp3) is 0.455. The molecule has 5 heteroatoms. The van der Waals surface area contributed by atoms with Gasteiger partial charge in [-0.25, -0.2) is 0 Å². The first-order valence-electron chi connectivity index (χ1n) is 9.11. The number of methoxy groups -OCH3 is 2. The molecule has 0 atom stereocenters. The van der Waals surface area contributed by atoms with E-state index in [2.05, 4.69) is 4.90 Å². The van der Waals surface area contributed by atoms with E-state index in [4.69, 9.17) is 9.47 Å². The Balaban J connectivity index is 2.35. The molecule has 0 aliphatic rings. The van der Waals surface area contributed by atoms with E-state index < -0.39 is 6.29 Å². The Morgan fingerprint density at radius 3 is 1.56 bits per heavy atom. The second-order valence-corrected chi connectivity index (χ2v) is 7.25. The number of hydrogen-bond donors (Lipinski definition) is 2. The Morgan fingerprint density at radius 2 is 1.19 bits per heavy atom. The third-order valence-corrected chi connectivity index (χ3v) is 4.77. The predicted octanol–water partition coefficient (Wildman–Crippen LogP) is 3.95. The Morgan fingerprint density at radius 1 is 0.778 bits per heavy atom. The molecule has 0 aliphatic carbocycles. The number of nitrogens with zero attached hydrogens (tertiary/aromatic N) is 1. The van der Waals surface area contributed by atoms with Crippen molar-refractivity contribution in [3.63, 3.8) is 0 Å². The van der Waals surface area contributed by atoms with Crippen LogP contribution in [0.3, 0.4) is 0 Å². The summed E-state index contributed by atoms with van der Waals surface area (Å²) < 4.78 is 10.7. The molecule has 0 saturated carbocycles. The molecule has 0 aromatic heterocycles. The van der Waals surface area contributed by atoms with Crippen molar-refractivity contribution in [2.24, 2.45) is 0 Å². The van der Waals surface area contributed by atoms with Gasteiger partial charge in [0, 0.05) is 38.4 Å². The number of aromatic hydroxyl groups is 2. The molecule has 0 fully saturated rings. The van der Waals surface area contributed by atoms with Crippen LogP contribution in [0.1, 0.15) is 33.4 Å². The molecule has 0 spiro atoms. The van der Waals surface area contributed by atoms with Gasteiger partial charge >= 0.3 is 0 Å². The van der Waals surface area contributed by atoms with Crippen molar-refractivity contribution in [1.82, 2.24) is 4.90 Å². The molecule has 2 aromatic rings. The molecule has 2 aromatic carbocycles. The zero-order valence-corrected chi connectivity index (χ0v) is 17.2. The Kier molecular flexibility index (Phi) is 7.25. The van der Waals surface area contributed by atoms with E-state index in [1.807, 2.05) is 52.0 Å². The van der Waals surface area contributed by atoms with E-state index in [1.54, 1.807) is 14.2 Å². The number of phenols is 2. The lowest BCUT2D eigenvalue weighted by atomic mass is 10.0. The second-order valence-electron chi connectivity index (χ2n) is 7.25. The second kappa shape index (κ2) is 9.22. The summed E-state index contributed by atoms with van der Waals surface area (Å²) >= 11 is 0. The highest BCUT2D eigenvalue weighted by atomic mass is 16.7. The number of hydrogen-bond acceptors (Lipinski definition) is 5. The van der Waals surface area contributed by atoms with Gasteiger partial charge in [0.15, 0.2) is 6.29 Å². The van der Waals surface area contributed by atoms with Crippen molar-refractivity contribution in [3.05, 3.63) is 57.6 Å². The molecule has 0 heterocycles. The summed E-state index contributed by atoms with van der Waals surface area (Å²) in [4.78, 5) is 2.11. The molecule has 0 radical (unpaired) electrons. The van der Waals surface area contributed by atoms with Gasteiger partial charge in [-0.1, -0.05) is 35.4 Å². The summed E-state index contributed by atoms with van der Waals surface area (Å²) in [6.45, 7) is 9.38. The smallest absolute Gasteiger partial charge is 0.169 e. The highest BCUT2D eigenvalue weighted by Crippen LogP contribution is 2.28. The maximum Gasteiger partial charge on any atom is 0.169 e. The lowest BCUT2D eigenvalue weighted by Crippen LogP contribution is -2.34. The van der Waals surface area contributed by atoms with Gasteiger partial charge in [-0.15, -0.1) is 0 Å². The first-order valence-corrected chi connectivity index (χ1v) is 9.11. The maximum absolute atomic E-state index is 10.5. The van der Waals surface area contributed by atoms with Crippen LogP contribution in [0.25, 0.3) is 0 Å². The van der Waals surface area contributed by atoms with Crippen LogP contribution < -0.4 is 0 Å². The third kappa shape index (κ3) is 5.45. The average Bonchev–Trinajstić information content (AvgIpc) is 2.61. The topological polar surface area (TPSA) is 62.2 Å². The van der Waals surface area contributed by atoms with Gasteiger partial charge in [-0.05, 0) is 38.8 Å². The van der Waals surface area contributed by atoms with Crippen LogP contribution >= 0.6 is 0 Å². The number of benzene rings is 2. The monoisotopic (exact) mass is 373 g/mol. The average molecular weight is 373 g/mol. The molecular formula is C22H31NO4. The van der Waals surface area contributed by atoms with Crippen LogP contribution in [0.15, 0.2) is 24.3 Å². The van der Waals surface area contributed by atoms with Crippen molar-refractivity contribution in [2.45, 2.75) is 47.1 Å². The Labute approximate surface area is 162 Å². The normalized spacial score (nSPS) is 11.6. The Hall–Kier alpha value is -2.08. The number of rotatable bonds is 8. The van der Waals surface area contributed by atoms with E-state index >= 15 is 0 Å². The van der Waals surface area contributed by atoms with Gasteiger partial charge < -0.3 is 19.7 Å². The van der Waals surface area contributed by atoms with Gasteiger partial charge in [0.05, 0.1) is 6.54 Å². The van der Waals surface area contributed by atoms with Gasteiger partial charge in [0.25, 0.3) is 0 Å². The van der Waals surface area contributed by atoms with E-state index in [1.165, 1.54) is 0 Å². The van der Waals surface area contributed by atoms with Gasteiger partial charge in [-0.3, -0.25) is 4.90 Å². The molecule has 0 saturated heterocycles. The molecule has 2 N–H and O–H groups in total. The van der Waals surface area contributed by atoms with Crippen molar-refractivity contribution < 1.29 is 19.7 Å². The van der Waals surface area contributed by atoms with Crippen LogP contribution in [0, 0.1) is 27.7 Å². The summed E-state index contributed by atoms with van der Waals surface area (Å²) in [5.74, 6) is 0.614. The first-order chi connectivity index (χ1) is 12.7. The highest BCUT2D eigenvalue weighted by molar-refractivity contribution is 5.44. The van der Waals surface area contributed by atoms with Crippen LogP contribution in [0.2, 0.25) is 0 Å². The summed E-state index contributed by atoms with van der Waals surface area (Å²) in [6, 6.07) is 7.91. The highest BCUT2D eigenvalue weighted by Gasteiger charge is 2.18. The van der Waals surface area contributed by atoms with E-state index in [0.29, 0.717) is 31.1 Å². The van der Waals surface area contributed by atoms with Crippen molar-refractivity contribution >= 4 is 0 Å².